The molecular weight excluding hydrogens is 274 g/mol. The molecular formula is C15H15NO3S. The average molecular weight is 289 g/mol. The van der Waals surface area contributed by atoms with E-state index in [1.165, 1.54) is 6.20 Å². The number of hydrogen-bond donors (Lipinski definition) is 0. The molecule has 0 radical (unpaired) electrons. The van der Waals surface area contributed by atoms with Crippen molar-refractivity contribution in [2.75, 3.05) is 6.26 Å². The molecule has 0 spiro atoms. The van der Waals surface area contributed by atoms with Crippen molar-refractivity contribution in [1.29, 1.82) is 0 Å². The minimum Gasteiger partial charge on any atom is -0.616 e. The Labute approximate surface area is 120 Å². The lowest BCUT2D eigenvalue weighted by Gasteiger charge is -2.09. The molecule has 1 fully saturated rings. The first-order chi connectivity index (χ1) is 9.66. The predicted octanol–water partition coefficient (Wildman–Crippen LogP) is 2.66. The van der Waals surface area contributed by atoms with Crippen molar-refractivity contribution >= 4 is 17.0 Å². The van der Waals surface area contributed by atoms with E-state index in [-0.39, 0.29) is 5.78 Å². The Morgan fingerprint density at radius 2 is 2.15 bits per heavy atom. The summed E-state index contributed by atoms with van der Waals surface area (Å²) >= 11 is -0.983. The van der Waals surface area contributed by atoms with Crippen LogP contribution >= 0.6 is 0 Å². The molecule has 1 unspecified atom stereocenters. The van der Waals surface area contributed by atoms with Gasteiger partial charge >= 0.3 is 0 Å². The van der Waals surface area contributed by atoms with Gasteiger partial charge in [-0.2, -0.15) is 0 Å². The maximum atomic E-state index is 12.7. The van der Waals surface area contributed by atoms with Crippen molar-refractivity contribution in [2.45, 2.75) is 24.5 Å². The number of benzene rings is 1. The molecule has 0 amide bonds. The molecule has 104 valence electrons. The molecule has 1 aliphatic rings. The van der Waals surface area contributed by atoms with E-state index in [2.05, 4.69) is 5.16 Å². The normalized spacial score (nSPS) is 16.1. The van der Waals surface area contributed by atoms with Crippen LogP contribution in [0.25, 0.3) is 0 Å². The van der Waals surface area contributed by atoms with Gasteiger partial charge in [-0.3, -0.25) is 4.79 Å². The Morgan fingerprint density at radius 3 is 2.85 bits per heavy atom. The van der Waals surface area contributed by atoms with Crippen LogP contribution in [0.4, 0.5) is 0 Å². The molecule has 1 heterocycles. The van der Waals surface area contributed by atoms with E-state index in [0.717, 1.165) is 18.4 Å². The largest absolute Gasteiger partial charge is 0.616 e. The molecule has 2 aromatic rings. The molecule has 0 bridgehead atoms. The van der Waals surface area contributed by atoms with Gasteiger partial charge in [0, 0.05) is 17.0 Å². The number of hydrogen-bond acceptors (Lipinski definition) is 4. The number of rotatable bonds is 5. The quantitative estimate of drug-likeness (QED) is 0.627. The minimum atomic E-state index is -0.983. The van der Waals surface area contributed by atoms with Crippen molar-refractivity contribution in [3.63, 3.8) is 0 Å². The zero-order chi connectivity index (χ0) is 14.1. The second kappa shape index (κ2) is 5.42. The molecule has 3 rings (SSSR count). The molecule has 4 nitrogen and oxygen atoms in total. The maximum absolute atomic E-state index is 12.7. The van der Waals surface area contributed by atoms with Gasteiger partial charge in [-0.05, 0) is 12.8 Å². The van der Waals surface area contributed by atoms with Gasteiger partial charge in [-0.25, -0.2) is 0 Å². The summed E-state index contributed by atoms with van der Waals surface area (Å²) in [6, 6.07) is 7.29. The smallest absolute Gasteiger partial charge is 0.198 e. The van der Waals surface area contributed by atoms with Crippen LogP contribution in [0.2, 0.25) is 0 Å². The number of ketones is 1. The highest BCUT2D eigenvalue weighted by Crippen LogP contribution is 2.42. The average Bonchev–Trinajstić information content (AvgIpc) is 3.15. The lowest BCUT2D eigenvalue weighted by Crippen LogP contribution is -2.10. The Morgan fingerprint density at radius 1 is 1.40 bits per heavy atom. The Bertz CT molecular complexity index is 632. The molecule has 1 aromatic heterocycles. The van der Waals surface area contributed by atoms with E-state index < -0.39 is 11.2 Å². The van der Waals surface area contributed by atoms with Crippen molar-refractivity contribution in [2.24, 2.45) is 0 Å². The third-order valence-electron chi connectivity index (χ3n) is 3.41. The minimum absolute atomic E-state index is 0.0887. The lowest BCUT2D eigenvalue weighted by molar-refractivity contribution is 0.103. The number of nitrogens with zero attached hydrogens (tertiary/aromatic N) is 1. The first-order valence-corrected chi connectivity index (χ1v) is 8.26. The Kier molecular flexibility index (Phi) is 3.63. The molecule has 0 N–H and O–H groups in total. The molecule has 1 aromatic carbocycles. The number of carbonyl (C=O) groups is 1. The highest BCUT2D eigenvalue weighted by atomic mass is 32.2. The fraction of sp³-hybridized carbons (Fsp3) is 0.333. The van der Waals surface area contributed by atoms with Crippen LogP contribution in [-0.4, -0.2) is 21.7 Å². The van der Waals surface area contributed by atoms with Crippen molar-refractivity contribution < 1.29 is 13.9 Å². The zero-order valence-electron chi connectivity index (χ0n) is 11.2. The van der Waals surface area contributed by atoms with E-state index in [4.69, 9.17) is 4.52 Å². The number of carbonyl (C=O) groups excluding carboxylic acids is 1. The van der Waals surface area contributed by atoms with Crippen LogP contribution < -0.4 is 0 Å². The molecule has 1 saturated carbocycles. The van der Waals surface area contributed by atoms with Crippen LogP contribution in [0.5, 0.6) is 0 Å². The second-order valence-corrected chi connectivity index (χ2v) is 6.52. The Balaban J connectivity index is 1.95. The summed E-state index contributed by atoms with van der Waals surface area (Å²) in [5.74, 6) is 1.33. The van der Waals surface area contributed by atoms with Crippen LogP contribution in [0.3, 0.4) is 0 Å². The Hall–Kier alpha value is -1.59. The van der Waals surface area contributed by atoms with Crippen molar-refractivity contribution in [1.82, 2.24) is 5.16 Å². The fourth-order valence-electron chi connectivity index (χ4n) is 2.29. The third-order valence-corrected chi connectivity index (χ3v) is 4.13. The van der Waals surface area contributed by atoms with E-state index in [1.807, 2.05) is 18.2 Å². The van der Waals surface area contributed by atoms with E-state index in [9.17, 15) is 9.35 Å². The van der Waals surface area contributed by atoms with Gasteiger partial charge in [0.1, 0.15) is 5.75 Å². The summed E-state index contributed by atoms with van der Waals surface area (Å²) in [6.45, 7) is 0. The van der Waals surface area contributed by atoms with E-state index in [1.54, 1.807) is 12.3 Å². The SMILES string of the molecule is C[S+]([O-])Cc1ccccc1C(=O)c1cnoc1C1CC1. The first kappa shape index (κ1) is 13.4. The van der Waals surface area contributed by atoms with Gasteiger partial charge in [0.05, 0.1) is 18.0 Å². The third kappa shape index (κ3) is 2.64. The van der Waals surface area contributed by atoms with Crippen LogP contribution in [0.15, 0.2) is 35.0 Å². The monoisotopic (exact) mass is 289 g/mol. The predicted molar refractivity (Wildman–Crippen MR) is 76.1 cm³/mol. The van der Waals surface area contributed by atoms with Crippen molar-refractivity contribution in [3.05, 3.63) is 52.9 Å². The van der Waals surface area contributed by atoms with Crippen LogP contribution in [0.1, 0.15) is 46.0 Å². The molecule has 0 aliphatic heterocycles. The lowest BCUT2D eigenvalue weighted by atomic mass is 9.99. The summed E-state index contributed by atoms with van der Waals surface area (Å²) in [7, 11) is 0. The molecule has 5 heteroatoms. The second-order valence-electron chi connectivity index (χ2n) is 5.08. The fourth-order valence-corrected chi connectivity index (χ4v) is 2.98. The maximum Gasteiger partial charge on any atom is 0.198 e. The summed E-state index contributed by atoms with van der Waals surface area (Å²) < 4.78 is 16.6. The zero-order valence-corrected chi connectivity index (χ0v) is 12.0. The van der Waals surface area contributed by atoms with Gasteiger partial charge in [-0.15, -0.1) is 0 Å². The molecule has 20 heavy (non-hydrogen) atoms. The van der Waals surface area contributed by atoms with E-state index >= 15 is 0 Å². The highest BCUT2D eigenvalue weighted by Gasteiger charge is 2.33. The number of aromatic nitrogens is 1. The standard InChI is InChI=1S/C15H15NO3S/c1-20(18)9-11-4-2-3-5-12(11)14(17)13-8-16-19-15(13)10-6-7-10/h2-5,8,10H,6-7,9H2,1H3. The van der Waals surface area contributed by atoms with E-state index in [0.29, 0.717) is 28.6 Å². The van der Waals surface area contributed by atoms with Gasteiger partial charge in [0.2, 0.25) is 0 Å². The molecule has 0 saturated heterocycles. The van der Waals surface area contributed by atoms with Gasteiger partial charge in [0.15, 0.2) is 11.5 Å². The molecule has 1 atom stereocenters. The van der Waals surface area contributed by atoms with Crippen LogP contribution in [-0.2, 0) is 16.9 Å². The summed E-state index contributed by atoms with van der Waals surface area (Å²) in [6.07, 6.45) is 5.23. The van der Waals surface area contributed by atoms with Gasteiger partial charge in [0.25, 0.3) is 0 Å². The van der Waals surface area contributed by atoms with Crippen molar-refractivity contribution in [3.8, 4) is 0 Å². The summed E-state index contributed by atoms with van der Waals surface area (Å²) in [5.41, 5.74) is 1.94. The molecule has 1 aliphatic carbocycles. The van der Waals surface area contributed by atoms with Gasteiger partial charge < -0.3 is 9.08 Å². The van der Waals surface area contributed by atoms with Crippen LogP contribution in [0, 0.1) is 0 Å². The topological polar surface area (TPSA) is 66.2 Å². The highest BCUT2D eigenvalue weighted by molar-refractivity contribution is 7.89. The summed E-state index contributed by atoms with van der Waals surface area (Å²) in [5, 5.41) is 3.76. The first-order valence-electron chi connectivity index (χ1n) is 6.54. The van der Waals surface area contributed by atoms with Gasteiger partial charge in [-0.1, -0.05) is 40.6 Å². The summed E-state index contributed by atoms with van der Waals surface area (Å²) in [4.78, 5) is 12.7.